The van der Waals surface area contributed by atoms with Crippen molar-refractivity contribution in [3.8, 4) is 0 Å². The highest BCUT2D eigenvalue weighted by Crippen LogP contribution is 2.63. The van der Waals surface area contributed by atoms with Crippen LogP contribution in [0, 0.1) is 16.7 Å². The van der Waals surface area contributed by atoms with Crippen LogP contribution >= 0.6 is 0 Å². The van der Waals surface area contributed by atoms with Gasteiger partial charge in [-0.15, -0.1) is 0 Å². The van der Waals surface area contributed by atoms with E-state index in [4.69, 9.17) is 10.2 Å². The van der Waals surface area contributed by atoms with E-state index in [-0.39, 0.29) is 0 Å². The van der Waals surface area contributed by atoms with Crippen molar-refractivity contribution in [2.24, 2.45) is 16.7 Å². The summed E-state index contributed by atoms with van der Waals surface area (Å²) in [5, 5.41) is 15.6. The molecule has 0 aliphatic heterocycles. The van der Waals surface area contributed by atoms with Crippen molar-refractivity contribution in [1.29, 1.82) is 0 Å². The number of rotatable bonds is 2. The van der Waals surface area contributed by atoms with Crippen molar-refractivity contribution in [3.05, 3.63) is 12.2 Å². The SMILES string of the molecule is CC1(C)CC2CCC1(C)C2.O=C(O)C=CC(=O)O. The minimum Gasteiger partial charge on any atom is -0.478 e. The molecule has 4 heteroatoms. The number of aliphatic carboxylic acids is 2. The van der Waals surface area contributed by atoms with E-state index in [0.29, 0.717) is 23.0 Å². The Balaban J connectivity index is 0.000000187. The van der Waals surface area contributed by atoms with E-state index in [0.717, 1.165) is 5.92 Å². The maximum absolute atomic E-state index is 9.55. The molecule has 2 atom stereocenters. The third-order valence-corrected chi connectivity index (χ3v) is 4.64. The first-order chi connectivity index (χ1) is 8.16. The van der Waals surface area contributed by atoms with Gasteiger partial charge in [0.05, 0.1) is 0 Å². The molecule has 0 spiro atoms. The van der Waals surface area contributed by atoms with Gasteiger partial charge in [0.2, 0.25) is 0 Å². The van der Waals surface area contributed by atoms with Crippen LogP contribution in [0.25, 0.3) is 0 Å². The van der Waals surface area contributed by atoms with E-state index < -0.39 is 11.9 Å². The van der Waals surface area contributed by atoms with Gasteiger partial charge in [-0.05, 0) is 42.4 Å². The van der Waals surface area contributed by atoms with Crippen LogP contribution in [0.3, 0.4) is 0 Å². The van der Waals surface area contributed by atoms with E-state index in [1.807, 2.05) is 0 Å². The van der Waals surface area contributed by atoms with Crippen LogP contribution in [0.5, 0.6) is 0 Å². The fraction of sp³-hybridized carbons (Fsp3) is 0.714. The van der Waals surface area contributed by atoms with Crippen LogP contribution in [0.2, 0.25) is 0 Å². The molecule has 0 aromatic carbocycles. The molecule has 0 radical (unpaired) electrons. The largest absolute Gasteiger partial charge is 0.478 e. The highest BCUT2D eigenvalue weighted by atomic mass is 16.4. The Kier molecular flexibility index (Phi) is 4.20. The zero-order valence-electron chi connectivity index (χ0n) is 11.3. The summed E-state index contributed by atoms with van der Waals surface area (Å²) in [4.78, 5) is 19.1. The Bertz CT molecular complexity index is 352. The number of hydrogen-bond donors (Lipinski definition) is 2. The summed E-state index contributed by atoms with van der Waals surface area (Å²) in [5.41, 5.74) is 1.35. The van der Waals surface area contributed by atoms with Gasteiger partial charge in [-0.2, -0.15) is 0 Å². The molecule has 2 aliphatic carbocycles. The summed E-state index contributed by atoms with van der Waals surface area (Å²) < 4.78 is 0. The quantitative estimate of drug-likeness (QED) is 0.743. The van der Waals surface area contributed by atoms with Gasteiger partial charge in [0.25, 0.3) is 0 Å². The zero-order chi connectivity index (χ0) is 14.0. The first-order valence-electron chi connectivity index (χ1n) is 6.30. The van der Waals surface area contributed by atoms with E-state index in [2.05, 4.69) is 20.8 Å². The van der Waals surface area contributed by atoms with Crippen molar-refractivity contribution in [3.63, 3.8) is 0 Å². The summed E-state index contributed by atoms with van der Waals surface area (Å²) in [6.07, 6.45) is 7.12. The van der Waals surface area contributed by atoms with Crippen molar-refractivity contribution < 1.29 is 19.8 Å². The zero-order valence-corrected chi connectivity index (χ0v) is 11.3. The van der Waals surface area contributed by atoms with Gasteiger partial charge in [0, 0.05) is 12.2 Å². The molecule has 0 heterocycles. The molecule has 2 unspecified atom stereocenters. The molecule has 18 heavy (non-hydrogen) atoms. The summed E-state index contributed by atoms with van der Waals surface area (Å²) in [5.74, 6) is -1.43. The molecular formula is C14H22O4. The van der Waals surface area contributed by atoms with Gasteiger partial charge in [-0.3, -0.25) is 0 Å². The highest BCUT2D eigenvalue weighted by molar-refractivity contribution is 5.89. The average Bonchev–Trinajstić information content (AvgIpc) is 2.67. The van der Waals surface area contributed by atoms with Gasteiger partial charge >= 0.3 is 11.9 Å². The first kappa shape index (κ1) is 14.7. The first-order valence-corrected chi connectivity index (χ1v) is 6.30. The molecule has 2 rings (SSSR count). The van der Waals surface area contributed by atoms with Crippen molar-refractivity contribution >= 4 is 11.9 Å². The molecule has 0 aromatic heterocycles. The Hall–Kier alpha value is -1.32. The van der Waals surface area contributed by atoms with Crippen molar-refractivity contribution in [1.82, 2.24) is 0 Å². The number of fused-ring (bicyclic) bond motifs is 2. The van der Waals surface area contributed by atoms with Crippen LogP contribution in [0.15, 0.2) is 12.2 Å². The normalized spacial score (nSPS) is 32.1. The number of hydrogen-bond acceptors (Lipinski definition) is 2. The molecule has 2 fully saturated rings. The third kappa shape index (κ3) is 3.34. The van der Waals surface area contributed by atoms with Crippen LogP contribution in [-0.4, -0.2) is 22.2 Å². The predicted molar refractivity (Wildman–Crippen MR) is 68.3 cm³/mol. The summed E-state index contributed by atoms with van der Waals surface area (Å²) in [6.45, 7) is 7.39. The molecule has 2 saturated carbocycles. The molecular weight excluding hydrogens is 232 g/mol. The van der Waals surface area contributed by atoms with Crippen LogP contribution in [-0.2, 0) is 9.59 Å². The molecule has 0 saturated heterocycles. The predicted octanol–water partition coefficient (Wildman–Crippen LogP) is 2.93. The lowest BCUT2D eigenvalue weighted by Gasteiger charge is -2.39. The lowest BCUT2D eigenvalue weighted by atomic mass is 9.66. The number of carbonyl (C=O) groups is 2. The molecule has 0 amide bonds. The Morgan fingerprint density at radius 2 is 1.56 bits per heavy atom. The maximum atomic E-state index is 9.55. The topological polar surface area (TPSA) is 74.6 Å². The number of carboxylic acid groups (broad SMARTS) is 2. The minimum atomic E-state index is -1.26. The standard InChI is InChI=1S/C10H18.C4H4O4/c1-9(2)6-8-4-5-10(9,3)7-8;5-3(6)1-2-4(7)8/h8H,4-7H2,1-3H3;1-2H,(H,5,6)(H,7,8). The van der Waals surface area contributed by atoms with Gasteiger partial charge in [0.1, 0.15) is 0 Å². The van der Waals surface area contributed by atoms with E-state index in [1.165, 1.54) is 25.7 Å². The van der Waals surface area contributed by atoms with Crippen molar-refractivity contribution in [2.75, 3.05) is 0 Å². The second-order valence-corrected chi connectivity index (χ2v) is 6.27. The average molecular weight is 254 g/mol. The second kappa shape index (κ2) is 5.12. The van der Waals surface area contributed by atoms with Gasteiger partial charge in [0.15, 0.2) is 0 Å². The molecule has 0 aromatic rings. The van der Waals surface area contributed by atoms with Gasteiger partial charge < -0.3 is 10.2 Å². The van der Waals surface area contributed by atoms with Gasteiger partial charge in [-0.25, -0.2) is 9.59 Å². The fourth-order valence-corrected chi connectivity index (χ4v) is 3.26. The molecule has 2 bridgehead atoms. The highest BCUT2D eigenvalue weighted by Gasteiger charge is 2.53. The number of carboxylic acids is 2. The Morgan fingerprint density at radius 1 is 1.06 bits per heavy atom. The lowest BCUT2D eigenvalue weighted by molar-refractivity contribution is -0.134. The Labute approximate surface area is 108 Å². The maximum Gasteiger partial charge on any atom is 0.328 e. The molecule has 4 nitrogen and oxygen atoms in total. The van der Waals surface area contributed by atoms with Crippen LogP contribution in [0.1, 0.15) is 46.5 Å². The van der Waals surface area contributed by atoms with Crippen molar-refractivity contribution in [2.45, 2.75) is 46.5 Å². The second-order valence-electron chi connectivity index (χ2n) is 6.27. The summed E-state index contributed by atoms with van der Waals surface area (Å²) >= 11 is 0. The van der Waals surface area contributed by atoms with Gasteiger partial charge in [-0.1, -0.05) is 20.8 Å². The van der Waals surface area contributed by atoms with E-state index in [1.54, 1.807) is 0 Å². The van der Waals surface area contributed by atoms with E-state index in [9.17, 15) is 9.59 Å². The smallest absolute Gasteiger partial charge is 0.328 e. The summed E-state index contributed by atoms with van der Waals surface area (Å²) in [6, 6.07) is 0. The molecule has 102 valence electrons. The monoisotopic (exact) mass is 254 g/mol. The third-order valence-electron chi connectivity index (χ3n) is 4.64. The van der Waals surface area contributed by atoms with E-state index >= 15 is 0 Å². The molecule has 2 aliphatic rings. The van der Waals surface area contributed by atoms with Crippen LogP contribution < -0.4 is 0 Å². The molecule has 2 N–H and O–H groups in total. The minimum absolute atomic E-state index is 0.558. The fourth-order valence-electron chi connectivity index (χ4n) is 3.26. The summed E-state index contributed by atoms with van der Waals surface area (Å²) in [7, 11) is 0. The lowest BCUT2D eigenvalue weighted by Crippen LogP contribution is -2.29. The van der Waals surface area contributed by atoms with Crippen LogP contribution in [0.4, 0.5) is 0 Å². The Morgan fingerprint density at radius 3 is 1.72 bits per heavy atom.